The molecule has 1 aromatic heterocycles. The van der Waals surface area contributed by atoms with Crippen LogP contribution >= 0.6 is 0 Å². The van der Waals surface area contributed by atoms with Crippen molar-refractivity contribution in [3.63, 3.8) is 0 Å². The van der Waals surface area contributed by atoms with E-state index in [-0.39, 0.29) is 17.3 Å². The number of carbonyl (C=O) groups excluding carboxylic acids is 2. The van der Waals surface area contributed by atoms with Crippen molar-refractivity contribution in [3.8, 4) is 0 Å². The van der Waals surface area contributed by atoms with E-state index >= 15 is 0 Å². The second kappa shape index (κ2) is 6.50. The Balaban J connectivity index is 1.78. The van der Waals surface area contributed by atoms with Crippen LogP contribution in [-0.4, -0.2) is 25.2 Å². The van der Waals surface area contributed by atoms with Gasteiger partial charge in [0.15, 0.2) is 6.29 Å². The molecule has 1 amide bonds. The van der Waals surface area contributed by atoms with Crippen LogP contribution in [0.5, 0.6) is 0 Å². The first kappa shape index (κ1) is 16.9. The van der Waals surface area contributed by atoms with E-state index in [0.717, 1.165) is 17.2 Å². The molecule has 25 heavy (non-hydrogen) atoms. The number of aromatic nitrogens is 1. The van der Waals surface area contributed by atoms with Crippen molar-refractivity contribution in [3.05, 3.63) is 60.3 Å². The Labute approximate surface area is 144 Å². The number of carbonyl (C=O) groups is 2. The lowest BCUT2D eigenvalue weighted by Crippen LogP contribution is -2.18. The summed E-state index contributed by atoms with van der Waals surface area (Å²) in [4.78, 5) is 23.4. The van der Waals surface area contributed by atoms with Crippen LogP contribution in [0.2, 0.25) is 0 Å². The number of benzene rings is 2. The van der Waals surface area contributed by atoms with Crippen molar-refractivity contribution in [1.29, 1.82) is 0 Å². The average molecular weight is 357 g/mol. The molecule has 8 heteroatoms. The fraction of sp³-hybridized carbons (Fsp3) is 0.0588. The Hall–Kier alpha value is -2.97. The Bertz CT molecular complexity index is 1050. The molecule has 0 aliphatic carbocycles. The van der Waals surface area contributed by atoms with Crippen LogP contribution in [0.1, 0.15) is 10.4 Å². The maximum atomic E-state index is 12.2. The second-order valence-electron chi connectivity index (χ2n) is 5.46. The van der Waals surface area contributed by atoms with Crippen LogP contribution in [0.15, 0.2) is 59.6 Å². The zero-order chi connectivity index (χ0) is 18.0. The fourth-order valence-corrected chi connectivity index (χ4v) is 3.10. The number of rotatable bonds is 5. The summed E-state index contributed by atoms with van der Waals surface area (Å²) in [6.07, 6.45) is 2.38. The third kappa shape index (κ3) is 3.59. The van der Waals surface area contributed by atoms with Gasteiger partial charge in [0.1, 0.15) is 6.54 Å². The minimum absolute atomic E-state index is 0.0191. The molecule has 0 saturated carbocycles. The third-order valence-electron chi connectivity index (χ3n) is 3.73. The molecule has 1 heterocycles. The number of nitrogens with one attached hydrogen (secondary N) is 1. The van der Waals surface area contributed by atoms with E-state index in [9.17, 15) is 18.0 Å². The Morgan fingerprint density at radius 3 is 2.44 bits per heavy atom. The van der Waals surface area contributed by atoms with Gasteiger partial charge in [0.2, 0.25) is 15.9 Å². The van der Waals surface area contributed by atoms with Crippen LogP contribution in [0.4, 0.5) is 5.69 Å². The molecule has 3 rings (SSSR count). The fourth-order valence-electron chi connectivity index (χ4n) is 2.58. The Kier molecular flexibility index (Phi) is 4.39. The normalized spacial score (nSPS) is 11.4. The number of fused-ring (bicyclic) bond motifs is 1. The maximum absolute atomic E-state index is 12.2. The molecule has 3 aromatic rings. The van der Waals surface area contributed by atoms with Gasteiger partial charge in [-0.1, -0.05) is 18.2 Å². The molecule has 0 aliphatic heterocycles. The third-order valence-corrected chi connectivity index (χ3v) is 4.66. The zero-order valence-electron chi connectivity index (χ0n) is 13.0. The largest absolute Gasteiger partial charge is 0.337 e. The van der Waals surface area contributed by atoms with Crippen LogP contribution in [0, 0.1) is 0 Å². The Morgan fingerprint density at radius 2 is 1.80 bits per heavy atom. The molecule has 0 atom stereocenters. The van der Waals surface area contributed by atoms with Gasteiger partial charge in [0.05, 0.1) is 4.90 Å². The van der Waals surface area contributed by atoms with Gasteiger partial charge in [-0.25, -0.2) is 13.6 Å². The van der Waals surface area contributed by atoms with Crippen LogP contribution in [-0.2, 0) is 21.4 Å². The summed E-state index contributed by atoms with van der Waals surface area (Å²) in [5.74, 6) is -0.304. The summed E-state index contributed by atoms with van der Waals surface area (Å²) >= 11 is 0. The lowest BCUT2D eigenvalue weighted by molar-refractivity contribution is -0.116. The highest BCUT2D eigenvalue weighted by molar-refractivity contribution is 7.89. The van der Waals surface area contributed by atoms with E-state index < -0.39 is 10.0 Å². The first-order valence-corrected chi connectivity index (χ1v) is 8.89. The topological polar surface area (TPSA) is 111 Å². The number of anilines is 1. The molecular formula is C17H15N3O4S. The van der Waals surface area contributed by atoms with Crippen LogP contribution in [0.25, 0.3) is 10.9 Å². The maximum Gasteiger partial charge on any atom is 0.244 e. The van der Waals surface area contributed by atoms with E-state index in [1.54, 1.807) is 10.8 Å². The van der Waals surface area contributed by atoms with Crippen molar-refractivity contribution >= 4 is 38.8 Å². The first-order chi connectivity index (χ1) is 11.9. The molecule has 2 aromatic carbocycles. The van der Waals surface area contributed by atoms with Crippen molar-refractivity contribution in [2.75, 3.05) is 5.32 Å². The summed E-state index contributed by atoms with van der Waals surface area (Å²) in [6.45, 7) is 0.0191. The van der Waals surface area contributed by atoms with E-state index in [2.05, 4.69) is 5.32 Å². The number of nitrogens with zero attached hydrogens (tertiary/aromatic N) is 1. The molecule has 0 saturated heterocycles. The standard InChI is InChI=1S/C17H15N3O4S/c18-25(23,24)14-7-5-13(6-8-14)19-17(22)10-20-9-12(11-21)15-3-1-2-4-16(15)20/h1-9,11H,10H2,(H,19,22)(H2,18,23,24). The van der Waals surface area contributed by atoms with Crippen LogP contribution < -0.4 is 10.5 Å². The Morgan fingerprint density at radius 1 is 1.12 bits per heavy atom. The summed E-state index contributed by atoms with van der Waals surface area (Å²) in [5, 5.41) is 8.49. The van der Waals surface area contributed by atoms with E-state index in [0.29, 0.717) is 11.3 Å². The number of primary sulfonamides is 1. The van der Waals surface area contributed by atoms with E-state index in [4.69, 9.17) is 5.14 Å². The molecule has 7 nitrogen and oxygen atoms in total. The van der Waals surface area contributed by atoms with Gasteiger partial charge in [-0.3, -0.25) is 9.59 Å². The number of hydrogen-bond acceptors (Lipinski definition) is 4. The summed E-state index contributed by atoms with van der Waals surface area (Å²) in [7, 11) is -3.77. The van der Waals surface area contributed by atoms with Crippen molar-refractivity contribution < 1.29 is 18.0 Å². The summed E-state index contributed by atoms with van der Waals surface area (Å²) in [5.41, 5.74) is 1.75. The van der Waals surface area contributed by atoms with Crippen molar-refractivity contribution in [1.82, 2.24) is 4.57 Å². The summed E-state index contributed by atoms with van der Waals surface area (Å²) in [6, 6.07) is 12.9. The SMILES string of the molecule is NS(=O)(=O)c1ccc(NC(=O)Cn2cc(C=O)c3ccccc32)cc1. The molecule has 128 valence electrons. The highest BCUT2D eigenvalue weighted by atomic mass is 32.2. The van der Waals surface area contributed by atoms with Gasteiger partial charge in [-0.15, -0.1) is 0 Å². The monoisotopic (exact) mass is 357 g/mol. The minimum atomic E-state index is -3.77. The van der Waals surface area contributed by atoms with Gasteiger partial charge in [-0.2, -0.15) is 0 Å². The number of sulfonamides is 1. The molecule has 0 fully saturated rings. The minimum Gasteiger partial charge on any atom is -0.337 e. The second-order valence-corrected chi connectivity index (χ2v) is 7.03. The van der Waals surface area contributed by atoms with E-state index in [1.165, 1.54) is 24.3 Å². The summed E-state index contributed by atoms with van der Waals surface area (Å²) < 4.78 is 24.1. The van der Waals surface area contributed by atoms with Gasteiger partial charge >= 0.3 is 0 Å². The van der Waals surface area contributed by atoms with Gasteiger partial charge in [0, 0.05) is 28.4 Å². The first-order valence-electron chi connectivity index (χ1n) is 7.34. The predicted molar refractivity (Wildman–Crippen MR) is 93.8 cm³/mol. The lowest BCUT2D eigenvalue weighted by Gasteiger charge is -2.08. The average Bonchev–Trinajstić information content (AvgIpc) is 2.92. The number of nitrogens with two attached hydrogens (primary N) is 1. The lowest BCUT2D eigenvalue weighted by atomic mass is 10.2. The number of hydrogen-bond donors (Lipinski definition) is 2. The predicted octanol–water partition coefficient (Wildman–Crippen LogP) is 1.74. The molecular weight excluding hydrogens is 342 g/mol. The molecule has 0 bridgehead atoms. The number of para-hydroxylation sites is 1. The number of aldehydes is 1. The van der Waals surface area contributed by atoms with Gasteiger partial charge < -0.3 is 9.88 Å². The van der Waals surface area contributed by atoms with Crippen molar-refractivity contribution in [2.45, 2.75) is 11.4 Å². The highest BCUT2D eigenvalue weighted by Gasteiger charge is 2.11. The van der Waals surface area contributed by atoms with Gasteiger partial charge in [0.25, 0.3) is 0 Å². The van der Waals surface area contributed by atoms with Crippen LogP contribution in [0.3, 0.4) is 0 Å². The van der Waals surface area contributed by atoms with Gasteiger partial charge in [-0.05, 0) is 30.3 Å². The zero-order valence-corrected chi connectivity index (χ0v) is 13.9. The number of amides is 1. The van der Waals surface area contributed by atoms with E-state index in [1.807, 2.05) is 24.3 Å². The van der Waals surface area contributed by atoms with Crippen molar-refractivity contribution in [2.24, 2.45) is 5.14 Å². The highest BCUT2D eigenvalue weighted by Crippen LogP contribution is 2.20. The quantitative estimate of drug-likeness (QED) is 0.677. The molecule has 0 aliphatic rings. The molecule has 0 spiro atoms. The smallest absolute Gasteiger partial charge is 0.244 e. The molecule has 3 N–H and O–H groups in total. The molecule has 0 radical (unpaired) electrons. The molecule has 0 unspecified atom stereocenters.